The third kappa shape index (κ3) is 2.51. The fraction of sp³-hybridized carbons (Fsp3) is 0.231. The van der Waals surface area contributed by atoms with Crippen molar-refractivity contribution < 1.29 is 9.53 Å². The molecule has 1 heterocycles. The molecule has 1 aromatic carbocycles. The number of thiazole rings is 1. The van der Waals surface area contributed by atoms with E-state index in [4.69, 9.17) is 4.74 Å². The van der Waals surface area contributed by atoms with Gasteiger partial charge < -0.3 is 9.64 Å². The number of nitrogens with zero attached hydrogens (tertiary/aromatic N) is 2. The number of hydrogen-bond donors (Lipinski definition) is 0. The molecule has 1 aromatic heterocycles. The molecule has 0 aliphatic rings. The number of aromatic nitrogens is 1. The molecule has 0 atom stereocenters. The molecule has 0 unspecified atom stereocenters. The van der Waals surface area contributed by atoms with Crippen LogP contribution >= 0.6 is 11.3 Å². The van der Waals surface area contributed by atoms with E-state index >= 15 is 0 Å². The van der Waals surface area contributed by atoms with Crippen molar-refractivity contribution in [1.82, 2.24) is 4.98 Å². The van der Waals surface area contributed by atoms with Crippen LogP contribution in [0, 0.1) is 0 Å². The summed E-state index contributed by atoms with van der Waals surface area (Å²) >= 11 is 1.45. The number of carbonyl (C=O) groups excluding carboxylic acids is 1. The van der Waals surface area contributed by atoms with E-state index in [1.165, 1.54) is 18.3 Å². The summed E-state index contributed by atoms with van der Waals surface area (Å²) in [5.41, 5.74) is 1.51. The number of hydrogen-bond acceptors (Lipinski definition) is 5. The Kier molecular flexibility index (Phi) is 3.62. The SMILES string of the molecule is COc1ccc(N(C)c2nc(C(C)=O)cs2)cc1. The first-order chi connectivity index (χ1) is 8.61. The number of Topliss-reactive ketones (excluding diaryl/α,β-unsaturated/α-hetero) is 1. The zero-order chi connectivity index (χ0) is 13.1. The normalized spacial score (nSPS) is 10.2. The minimum absolute atomic E-state index is 0.0133. The molecule has 94 valence electrons. The first-order valence-corrected chi connectivity index (χ1v) is 6.34. The molecular formula is C13H14N2O2S. The molecule has 0 spiro atoms. The average molecular weight is 262 g/mol. The Morgan fingerprint density at radius 2 is 2.00 bits per heavy atom. The van der Waals surface area contributed by atoms with Gasteiger partial charge in [-0.3, -0.25) is 4.79 Å². The van der Waals surface area contributed by atoms with E-state index in [2.05, 4.69) is 4.98 Å². The van der Waals surface area contributed by atoms with Gasteiger partial charge in [-0.25, -0.2) is 4.98 Å². The minimum Gasteiger partial charge on any atom is -0.497 e. The van der Waals surface area contributed by atoms with Crippen LogP contribution in [0.3, 0.4) is 0 Å². The molecule has 0 saturated carbocycles. The van der Waals surface area contributed by atoms with Gasteiger partial charge in [0.1, 0.15) is 11.4 Å². The zero-order valence-electron chi connectivity index (χ0n) is 10.5. The molecule has 5 heteroatoms. The van der Waals surface area contributed by atoms with E-state index in [1.807, 2.05) is 36.2 Å². The van der Waals surface area contributed by atoms with Crippen LogP contribution in [-0.4, -0.2) is 24.9 Å². The van der Waals surface area contributed by atoms with E-state index in [9.17, 15) is 4.79 Å². The number of carbonyl (C=O) groups is 1. The molecule has 18 heavy (non-hydrogen) atoms. The fourth-order valence-corrected chi connectivity index (χ4v) is 2.35. The molecule has 0 aliphatic heterocycles. The van der Waals surface area contributed by atoms with Crippen molar-refractivity contribution in [3.63, 3.8) is 0 Å². The maximum absolute atomic E-state index is 11.2. The van der Waals surface area contributed by atoms with Crippen molar-refractivity contribution in [2.45, 2.75) is 6.92 Å². The monoisotopic (exact) mass is 262 g/mol. The predicted octanol–water partition coefficient (Wildman–Crippen LogP) is 3.12. The number of anilines is 2. The molecule has 0 saturated heterocycles. The van der Waals surface area contributed by atoms with Crippen LogP contribution in [0.5, 0.6) is 5.75 Å². The summed E-state index contributed by atoms with van der Waals surface area (Å²) in [5, 5.41) is 2.57. The number of benzene rings is 1. The largest absolute Gasteiger partial charge is 0.497 e. The van der Waals surface area contributed by atoms with Crippen molar-refractivity contribution in [3.05, 3.63) is 35.3 Å². The zero-order valence-corrected chi connectivity index (χ0v) is 11.3. The van der Waals surface area contributed by atoms with Crippen LogP contribution in [0.2, 0.25) is 0 Å². The summed E-state index contributed by atoms with van der Waals surface area (Å²) in [6, 6.07) is 7.69. The van der Waals surface area contributed by atoms with Gasteiger partial charge >= 0.3 is 0 Å². The Morgan fingerprint density at radius 1 is 1.33 bits per heavy atom. The summed E-state index contributed by atoms with van der Waals surface area (Å²) < 4.78 is 5.11. The summed E-state index contributed by atoms with van der Waals surface area (Å²) in [6.07, 6.45) is 0. The van der Waals surface area contributed by atoms with Crippen LogP contribution < -0.4 is 9.64 Å². The van der Waals surface area contributed by atoms with Crippen molar-refractivity contribution in [3.8, 4) is 5.75 Å². The smallest absolute Gasteiger partial charge is 0.190 e. The van der Waals surface area contributed by atoms with Crippen molar-refractivity contribution in [1.29, 1.82) is 0 Å². The number of ether oxygens (including phenoxy) is 1. The Bertz CT molecular complexity index is 548. The van der Waals surface area contributed by atoms with Crippen molar-refractivity contribution in [2.24, 2.45) is 0 Å². The topological polar surface area (TPSA) is 42.4 Å². The van der Waals surface area contributed by atoms with Gasteiger partial charge in [-0.05, 0) is 24.3 Å². The number of rotatable bonds is 4. The predicted molar refractivity (Wildman–Crippen MR) is 73.2 cm³/mol. The van der Waals surface area contributed by atoms with E-state index in [-0.39, 0.29) is 5.78 Å². The van der Waals surface area contributed by atoms with Crippen molar-refractivity contribution >= 4 is 27.9 Å². The second-order valence-corrected chi connectivity index (χ2v) is 4.67. The van der Waals surface area contributed by atoms with Gasteiger partial charge in [-0.15, -0.1) is 11.3 Å². The van der Waals surface area contributed by atoms with Gasteiger partial charge in [-0.2, -0.15) is 0 Å². The van der Waals surface area contributed by atoms with Gasteiger partial charge in [0.15, 0.2) is 10.9 Å². The quantitative estimate of drug-likeness (QED) is 0.794. The third-order valence-corrected chi connectivity index (χ3v) is 3.52. The van der Waals surface area contributed by atoms with Gasteiger partial charge in [0.2, 0.25) is 0 Å². The lowest BCUT2D eigenvalue weighted by Gasteiger charge is -2.15. The Hall–Kier alpha value is -1.88. The highest BCUT2D eigenvalue weighted by atomic mass is 32.1. The summed E-state index contributed by atoms with van der Waals surface area (Å²) in [5.74, 6) is 0.802. The first kappa shape index (κ1) is 12.6. The van der Waals surface area contributed by atoms with E-state index in [0.717, 1.165) is 16.6 Å². The van der Waals surface area contributed by atoms with Gasteiger partial charge in [0, 0.05) is 25.0 Å². The lowest BCUT2D eigenvalue weighted by molar-refractivity contribution is 0.101. The Morgan fingerprint density at radius 3 is 2.50 bits per heavy atom. The highest BCUT2D eigenvalue weighted by Crippen LogP contribution is 2.28. The number of ketones is 1. The molecule has 0 radical (unpaired) electrons. The van der Waals surface area contributed by atoms with Gasteiger partial charge in [0.05, 0.1) is 7.11 Å². The average Bonchev–Trinajstić information content (AvgIpc) is 2.88. The molecule has 0 fully saturated rings. The lowest BCUT2D eigenvalue weighted by Crippen LogP contribution is -2.09. The van der Waals surface area contributed by atoms with Gasteiger partial charge in [-0.1, -0.05) is 0 Å². The summed E-state index contributed by atoms with van der Waals surface area (Å²) in [7, 11) is 3.56. The minimum atomic E-state index is -0.0133. The molecule has 2 aromatic rings. The van der Waals surface area contributed by atoms with Crippen LogP contribution in [0.25, 0.3) is 0 Å². The summed E-state index contributed by atoms with van der Waals surface area (Å²) in [4.78, 5) is 17.4. The third-order valence-electron chi connectivity index (χ3n) is 2.60. The molecule has 0 amide bonds. The van der Waals surface area contributed by atoms with Crippen LogP contribution in [0.4, 0.5) is 10.8 Å². The number of methoxy groups -OCH3 is 1. The standard InChI is InChI=1S/C13H14N2O2S/c1-9(16)12-8-18-13(14-12)15(2)10-4-6-11(17-3)7-5-10/h4-8H,1-3H3. The van der Waals surface area contributed by atoms with Crippen LogP contribution in [0.15, 0.2) is 29.6 Å². The molecular weight excluding hydrogens is 248 g/mol. The lowest BCUT2D eigenvalue weighted by atomic mass is 10.3. The highest BCUT2D eigenvalue weighted by molar-refractivity contribution is 7.14. The fourth-order valence-electron chi connectivity index (χ4n) is 1.50. The van der Waals surface area contributed by atoms with Crippen molar-refractivity contribution in [2.75, 3.05) is 19.1 Å². The van der Waals surface area contributed by atoms with E-state index in [0.29, 0.717) is 5.69 Å². The highest BCUT2D eigenvalue weighted by Gasteiger charge is 2.11. The van der Waals surface area contributed by atoms with Crippen LogP contribution in [-0.2, 0) is 0 Å². The Labute approximate surface area is 110 Å². The van der Waals surface area contributed by atoms with Crippen LogP contribution in [0.1, 0.15) is 17.4 Å². The van der Waals surface area contributed by atoms with E-state index < -0.39 is 0 Å². The second-order valence-electron chi connectivity index (χ2n) is 3.83. The second kappa shape index (κ2) is 5.18. The summed E-state index contributed by atoms with van der Waals surface area (Å²) in [6.45, 7) is 1.52. The first-order valence-electron chi connectivity index (χ1n) is 5.46. The maximum atomic E-state index is 11.2. The van der Waals surface area contributed by atoms with E-state index in [1.54, 1.807) is 12.5 Å². The van der Waals surface area contributed by atoms with Gasteiger partial charge in [0.25, 0.3) is 0 Å². The maximum Gasteiger partial charge on any atom is 0.190 e. The molecule has 0 aliphatic carbocycles. The molecule has 2 rings (SSSR count). The Balaban J connectivity index is 2.23. The molecule has 0 N–H and O–H groups in total. The molecule has 4 nitrogen and oxygen atoms in total. The molecule has 0 bridgehead atoms.